The van der Waals surface area contributed by atoms with Crippen molar-refractivity contribution in [3.8, 4) is 0 Å². The van der Waals surface area contributed by atoms with Crippen molar-refractivity contribution in [3.05, 3.63) is 0 Å². The molecule has 1 aliphatic rings. The van der Waals surface area contributed by atoms with E-state index in [1.807, 2.05) is 20.9 Å². The largest absolute Gasteiger partial charge is 0.326 e. The topological polar surface area (TPSA) is 61.4 Å². The van der Waals surface area contributed by atoms with Gasteiger partial charge in [0.25, 0.3) is 5.91 Å². The average molecular weight is 213 g/mol. The number of rotatable bonds is 5. The van der Waals surface area contributed by atoms with E-state index < -0.39 is 0 Å². The first-order chi connectivity index (χ1) is 7.07. The average Bonchev–Trinajstić information content (AvgIpc) is 2.45. The molecule has 0 aliphatic carbocycles. The van der Waals surface area contributed by atoms with E-state index in [4.69, 9.17) is 0 Å². The summed E-state index contributed by atoms with van der Waals surface area (Å²) in [6, 6.07) is -0.595. The maximum absolute atomic E-state index is 11.8. The summed E-state index contributed by atoms with van der Waals surface area (Å²) in [5.41, 5.74) is 0. The zero-order valence-electron chi connectivity index (χ0n) is 9.54. The third-order valence-electron chi connectivity index (χ3n) is 2.53. The van der Waals surface area contributed by atoms with Gasteiger partial charge in [-0.1, -0.05) is 13.8 Å². The molecule has 0 spiro atoms. The fourth-order valence-electron chi connectivity index (χ4n) is 1.62. The number of nitrogens with zero attached hydrogens (tertiary/aromatic N) is 1. The molecule has 1 aliphatic heterocycles. The predicted octanol–water partition coefficient (Wildman–Crippen LogP) is 0.172. The van der Waals surface area contributed by atoms with Gasteiger partial charge in [0.05, 0.1) is 0 Å². The highest BCUT2D eigenvalue weighted by atomic mass is 16.2. The van der Waals surface area contributed by atoms with E-state index in [0.29, 0.717) is 6.54 Å². The third kappa shape index (κ3) is 2.68. The Balaban J connectivity index is 2.51. The zero-order valence-corrected chi connectivity index (χ0v) is 9.54. The molecule has 0 saturated carbocycles. The molecule has 1 atom stereocenters. The lowest BCUT2D eigenvalue weighted by Gasteiger charge is -2.14. The lowest BCUT2D eigenvalue weighted by Crippen LogP contribution is -2.35. The molecule has 1 unspecified atom stereocenters. The van der Waals surface area contributed by atoms with Crippen molar-refractivity contribution < 1.29 is 9.59 Å². The van der Waals surface area contributed by atoms with Crippen LogP contribution in [0.15, 0.2) is 0 Å². The fraction of sp³-hybridized carbons (Fsp3) is 0.800. The quantitative estimate of drug-likeness (QED) is 0.505. The van der Waals surface area contributed by atoms with Gasteiger partial charge in [0.15, 0.2) is 0 Å². The maximum atomic E-state index is 11.8. The lowest BCUT2D eigenvalue weighted by atomic mass is 10.1. The van der Waals surface area contributed by atoms with Crippen molar-refractivity contribution in [1.29, 1.82) is 0 Å². The van der Waals surface area contributed by atoms with Gasteiger partial charge in [-0.2, -0.15) is 0 Å². The molecule has 0 radical (unpaired) electrons. The molecule has 0 aromatic rings. The SMILES string of the molecule is CNCCCN1C(=O)NC(C(C)C)C1=O. The van der Waals surface area contributed by atoms with Gasteiger partial charge in [-0.25, -0.2) is 4.79 Å². The monoisotopic (exact) mass is 213 g/mol. The van der Waals surface area contributed by atoms with Crippen molar-refractivity contribution >= 4 is 11.9 Å². The second-order valence-corrected chi connectivity index (χ2v) is 4.12. The van der Waals surface area contributed by atoms with E-state index in [1.54, 1.807) is 0 Å². The van der Waals surface area contributed by atoms with Gasteiger partial charge in [0, 0.05) is 6.54 Å². The highest BCUT2D eigenvalue weighted by Gasteiger charge is 2.38. The molecular weight excluding hydrogens is 194 g/mol. The van der Waals surface area contributed by atoms with Crippen LogP contribution in [-0.4, -0.2) is 43.0 Å². The van der Waals surface area contributed by atoms with Gasteiger partial charge in [0.2, 0.25) is 0 Å². The molecule has 2 N–H and O–H groups in total. The molecule has 1 fully saturated rings. The molecule has 86 valence electrons. The molecule has 0 aromatic heterocycles. The third-order valence-corrected chi connectivity index (χ3v) is 2.53. The molecule has 1 saturated heterocycles. The molecule has 1 heterocycles. The van der Waals surface area contributed by atoms with E-state index in [1.165, 1.54) is 4.90 Å². The minimum atomic E-state index is -0.341. The van der Waals surface area contributed by atoms with Crippen LogP contribution in [0.4, 0.5) is 4.79 Å². The van der Waals surface area contributed by atoms with Crippen LogP contribution in [0, 0.1) is 5.92 Å². The van der Waals surface area contributed by atoms with Crippen molar-refractivity contribution in [2.75, 3.05) is 20.1 Å². The molecule has 1 rings (SSSR count). The Kier molecular flexibility index (Phi) is 4.08. The summed E-state index contributed by atoms with van der Waals surface area (Å²) in [4.78, 5) is 24.5. The Morgan fingerprint density at radius 2 is 2.13 bits per heavy atom. The Labute approximate surface area is 90.2 Å². The van der Waals surface area contributed by atoms with Crippen LogP contribution in [0.3, 0.4) is 0 Å². The summed E-state index contributed by atoms with van der Waals surface area (Å²) in [5, 5.41) is 5.68. The summed E-state index contributed by atoms with van der Waals surface area (Å²) < 4.78 is 0. The second kappa shape index (κ2) is 5.11. The van der Waals surface area contributed by atoms with E-state index in [9.17, 15) is 9.59 Å². The van der Waals surface area contributed by atoms with Crippen LogP contribution >= 0.6 is 0 Å². The van der Waals surface area contributed by atoms with Gasteiger partial charge >= 0.3 is 6.03 Å². The number of hydrogen-bond acceptors (Lipinski definition) is 3. The highest BCUT2D eigenvalue weighted by Crippen LogP contribution is 2.13. The summed E-state index contributed by atoms with van der Waals surface area (Å²) in [6.07, 6.45) is 0.792. The summed E-state index contributed by atoms with van der Waals surface area (Å²) in [7, 11) is 1.85. The maximum Gasteiger partial charge on any atom is 0.324 e. The van der Waals surface area contributed by atoms with Crippen LogP contribution in [0.2, 0.25) is 0 Å². The summed E-state index contributed by atoms with van der Waals surface area (Å²) >= 11 is 0. The van der Waals surface area contributed by atoms with Crippen LogP contribution < -0.4 is 10.6 Å². The normalized spacial score (nSPS) is 21.3. The number of hydrogen-bond donors (Lipinski definition) is 2. The number of nitrogens with one attached hydrogen (secondary N) is 2. The van der Waals surface area contributed by atoms with E-state index >= 15 is 0 Å². The van der Waals surface area contributed by atoms with E-state index in [2.05, 4.69) is 10.6 Å². The zero-order chi connectivity index (χ0) is 11.4. The molecule has 5 nitrogen and oxygen atoms in total. The smallest absolute Gasteiger partial charge is 0.324 e. The van der Waals surface area contributed by atoms with Crippen LogP contribution in [0.1, 0.15) is 20.3 Å². The Morgan fingerprint density at radius 3 is 2.60 bits per heavy atom. The standard InChI is InChI=1S/C10H19N3O2/c1-7(2)8-9(14)13(10(15)12-8)6-4-5-11-3/h7-8,11H,4-6H2,1-3H3,(H,12,15). The number of amides is 3. The van der Waals surface area contributed by atoms with Crippen LogP contribution in [0.5, 0.6) is 0 Å². The molecule has 0 aromatic carbocycles. The van der Waals surface area contributed by atoms with E-state index in [-0.39, 0.29) is 23.9 Å². The predicted molar refractivity (Wildman–Crippen MR) is 57.4 cm³/mol. The first kappa shape index (κ1) is 12.0. The Hall–Kier alpha value is -1.10. The van der Waals surface area contributed by atoms with Crippen LogP contribution in [0.25, 0.3) is 0 Å². The van der Waals surface area contributed by atoms with Crippen molar-refractivity contribution in [3.63, 3.8) is 0 Å². The summed E-state index contributed by atoms with van der Waals surface area (Å²) in [5.74, 6) is 0.0573. The Morgan fingerprint density at radius 1 is 1.47 bits per heavy atom. The number of carbonyl (C=O) groups excluding carboxylic acids is 2. The van der Waals surface area contributed by atoms with Gasteiger partial charge in [-0.05, 0) is 25.9 Å². The van der Waals surface area contributed by atoms with Gasteiger partial charge in [-0.3, -0.25) is 9.69 Å². The molecule has 15 heavy (non-hydrogen) atoms. The lowest BCUT2D eigenvalue weighted by molar-refractivity contribution is -0.128. The Bertz CT molecular complexity index is 253. The summed E-state index contributed by atoms with van der Waals surface area (Å²) in [6.45, 7) is 5.16. The second-order valence-electron chi connectivity index (χ2n) is 4.12. The number of imide groups is 1. The minimum Gasteiger partial charge on any atom is -0.326 e. The van der Waals surface area contributed by atoms with Crippen molar-refractivity contribution in [2.24, 2.45) is 5.92 Å². The van der Waals surface area contributed by atoms with Gasteiger partial charge < -0.3 is 10.6 Å². The molecule has 3 amide bonds. The van der Waals surface area contributed by atoms with E-state index in [0.717, 1.165) is 13.0 Å². The molecular formula is C10H19N3O2. The molecule has 0 bridgehead atoms. The fourth-order valence-corrected chi connectivity index (χ4v) is 1.62. The first-order valence-corrected chi connectivity index (χ1v) is 5.34. The van der Waals surface area contributed by atoms with Gasteiger partial charge in [0.1, 0.15) is 6.04 Å². The highest BCUT2D eigenvalue weighted by molar-refractivity contribution is 6.04. The van der Waals surface area contributed by atoms with Crippen molar-refractivity contribution in [2.45, 2.75) is 26.3 Å². The van der Waals surface area contributed by atoms with Crippen LogP contribution in [-0.2, 0) is 4.79 Å². The minimum absolute atomic E-state index is 0.0916. The van der Waals surface area contributed by atoms with Crippen molar-refractivity contribution in [1.82, 2.24) is 15.5 Å². The molecule has 5 heteroatoms. The number of carbonyl (C=O) groups is 2. The van der Waals surface area contributed by atoms with Gasteiger partial charge in [-0.15, -0.1) is 0 Å². The first-order valence-electron chi connectivity index (χ1n) is 5.34. The number of urea groups is 1.